The number of amides is 2. The van der Waals surface area contributed by atoms with Gasteiger partial charge in [-0.05, 0) is 24.6 Å². The number of hydrogen-bond donors (Lipinski definition) is 0. The molecule has 0 unspecified atom stereocenters. The maximum Gasteiger partial charge on any atom is 0.409 e. The molecule has 0 radical (unpaired) electrons. The van der Waals surface area contributed by atoms with E-state index in [0.717, 1.165) is 22.3 Å². The van der Waals surface area contributed by atoms with Gasteiger partial charge in [0, 0.05) is 57.1 Å². The van der Waals surface area contributed by atoms with E-state index in [0.29, 0.717) is 58.7 Å². The van der Waals surface area contributed by atoms with Crippen molar-refractivity contribution in [1.29, 1.82) is 0 Å². The minimum atomic E-state index is -0.318. The molecule has 0 N–H and O–H groups in total. The summed E-state index contributed by atoms with van der Waals surface area (Å²) in [7, 11) is 0. The van der Waals surface area contributed by atoms with E-state index in [1.54, 1.807) is 18.1 Å². The summed E-state index contributed by atoms with van der Waals surface area (Å²) >= 11 is 1.33. The first-order chi connectivity index (χ1) is 16.6. The van der Waals surface area contributed by atoms with Crippen LogP contribution < -0.4 is 4.90 Å². The number of furan rings is 1. The van der Waals surface area contributed by atoms with Crippen LogP contribution in [0.2, 0.25) is 0 Å². The molecule has 2 aromatic heterocycles. The van der Waals surface area contributed by atoms with Crippen molar-refractivity contribution >= 4 is 28.7 Å². The fraction of sp³-hybridized carbons (Fsp3) is 0.417. The molecule has 1 saturated heterocycles. The Hall–Kier alpha value is -3.40. The van der Waals surface area contributed by atoms with E-state index in [9.17, 15) is 9.59 Å². The van der Waals surface area contributed by atoms with Gasteiger partial charge in [-0.3, -0.25) is 4.79 Å². The lowest BCUT2D eigenvalue weighted by Gasteiger charge is -2.34. The van der Waals surface area contributed by atoms with Gasteiger partial charge in [-0.25, -0.2) is 9.78 Å². The summed E-state index contributed by atoms with van der Waals surface area (Å²) in [6.07, 6.45) is 2.33. The molecule has 34 heavy (non-hydrogen) atoms. The summed E-state index contributed by atoms with van der Waals surface area (Å²) in [4.78, 5) is 35.0. The second kappa shape index (κ2) is 11.6. The fourth-order valence-corrected chi connectivity index (χ4v) is 4.51. The first-order valence-electron chi connectivity index (χ1n) is 11.5. The van der Waals surface area contributed by atoms with Gasteiger partial charge in [0.05, 0.1) is 19.4 Å². The second-order valence-electron chi connectivity index (χ2n) is 7.97. The van der Waals surface area contributed by atoms with Crippen molar-refractivity contribution in [3.05, 3.63) is 65.9 Å². The van der Waals surface area contributed by atoms with Gasteiger partial charge in [0.2, 0.25) is 11.0 Å². The summed E-state index contributed by atoms with van der Waals surface area (Å²) in [5, 5.41) is 0.766. The Morgan fingerprint density at radius 3 is 2.56 bits per heavy atom. The summed E-state index contributed by atoms with van der Waals surface area (Å²) in [5.41, 5.74) is 1.15. The highest BCUT2D eigenvalue weighted by atomic mass is 32.1. The predicted molar refractivity (Wildman–Crippen MR) is 129 cm³/mol. The van der Waals surface area contributed by atoms with E-state index in [1.807, 2.05) is 40.1 Å². The highest BCUT2D eigenvalue weighted by Gasteiger charge is 2.25. The van der Waals surface area contributed by atoms with E-state index in [4.69, 9.17) is 14.1 Å². The molecule has 1 aliphatic heterocycles. The van der Waals surface area contributed by atoms with Crippen LogP contribution in [0.4, 0.5) is 9.93 Å². The standard InChI is InChI=1S/C24H29N5O4S/c1-2-32-24(31)28-14-12-27(13-15-28)22(30)10-11-29(18-20-9-6-16-33-20)23-25-21(26-34-23)17-19-7-4-3-5-8-19/h3-9,16H,2,10-15,17-18H2,1H3. The third kappa shape index (κ3) is 6.34. The molecule has 3 aromatic rings. The number of rotatable bonds is 9. The second-order valence-corrected chi connectivity index (χ2v) is 8.70. The first kappa shape index (κ1) is 23.7. The zero-order valence-electron chi connectivity index (χ0n) is 19.3. The third-order valence-electron chi connectivity index (χ3n) is 5.61. The lowest BCUT2D eigenvalue weighted by molar-refractivity contribution is -0.132. The minimum Gasteiger partial charge on any atom is -0.467 e. The molecule has 1 fully saturated rings. The average molecular weight is 484 g/mol. The van der Waals surface area contributed by atoms with Gasteiger partial charge < -0.3 is 23.9 Å². The van der Waals surface area contributed by atoms with Gasteiger partial charge in [0.1, 0.15) is 11.6 Å². The normalized spacial score (nSPS) is 13.7. The van der Waals surface area contributed by atoms with Gasteiger partial charge in [0.25, 0.3) is 0 Å². The Bertz CT molecular complexity index is 1050. The van der Waals surface area contributed by atoms with Crippen LogP contribution in [0.1, 0.15) is 30.5 Å². The Kier molecular flexibility index (Phi) is 8.13. The monoisotopic (exact) mass is 483 g/mol. The van der Waals surface area contributed by atoms with Crippen molar-refractivity contribution in [3.63, 3.8) is 0 Å². The summed E-state index contributed by atoms with van der Waals surface area (Å²) in [5.74, 6) is 1.62. The van der Waals surface area contributed by atoms with Crippen molar-refractivity contribution in [2.24, 2.45) is 0 Å². The molecule has 3 heterocycles. The smallest absolute Gasteiger partial charge is 0.409 e. The molecule has 2 amide bonds. The number of piperazine rings is 1. The van der Waals surface area contributed by atoms with Gasteiger partial charge in [-0.2, -0.15) is 4.37 Å². The molecule has 0 saturated carbocycles. The van der Waals surface area contributed by atoms with Gasteiger partial charge in [0.15, 0.2) is 0 Å². The van der Waals surface area contributed by atoms with Crippen LogP contribution >= 0.6 is 11.5 Å². The molecule has 0 atom stereocenters. The molecular weight excluding hydrogens is 454 g/mol. The molecule has 9 nitrogen and oxygen atoms in total. The first-order valence-corrected chi connectivity index (χ1v) is 12.2. The summed E-state index contributed by atoms with van der Waals surface area (Å²) in [6, 6.07) is 13.9. The Labute approximate surface area is 203 Å². The van der Waals surface area contributed by atoms with Gasteiger partial charge in [-0.15, -0.1) is 0 Å². The Morgan fingerprint density at radius 2 is 1.85 bits per heavy atom. The van der Waals surface area contributed by atoms with Crippen LogP contribution in [-0.4, -0.2) is 70.5 Å². The maximum atomic E-state index is 12.9. The minimum absolute atomic E-state index is 0.0574. The van der Waals surface area contributed by atoms with E-state index in [-0.39, 0.29) is 12.0 Å². The quantitative estimate of drug-likeness (QED) is 0.460. The van der Waals surface area contributed by atoms with E-state index in [2.05, 4.69) is 16.5 Å². The van der Waals surface area contributed by atoms with Crippen LogP contribution in [0.25, 0.3) is 0 Å². The number of hydrogen-bond acceptors (Lipinski definition) is 8. The lowest BCUT2D eigenvalue weighted by Crippen LogP contribution is -2.51. The maximum absolute atomic E-state index is 12.9. The van der Waals surface area contributed by atoms with Gasteiger partial charge in [-0.1, -0.05) is 30.3 Å². The number of carbonyl (C=O) groups excluding carboxylic acids is 2. The molecule has 0 spiro atoms. The number of nitrogens with zero attached hydrogens (tertiary/aromatic N) is 5. The SMILES string of the molecule is CCOC(=O)N1CCN(C(=O)CCN(Cc2ccco2)c2nc(Cc3ccccc3)ns2)CC1. The van der Waals surface area contributed by atoms with Crippen molar-refractivity contribution in [3.8, 4) is 0 Å². The fourth-order valence-electron chi connectivity index (χ4n) is 3.80. The van der Waals surface area contributed by atoms with Crippen molar-refractivity contribution in [1.82, 2.24) is 19.2 Å². The summed E-state index contributed by atoms with van der Waals surface area (Å²) in [6.45, 7) is 5.14. The largest absolute Gasteiger partial charge is 0.467 e. The molecule has 0 bridgehead atoms. The zero-order chi connectivity index (χ0) is 23.8. The molecule has 4 rings (SSSR count). The number of ether oxygens (including phenoxy) is 1. The Morgan fingerprint density at radius 1 is 1.09 bits per heavy atom. The molecular formula is C24H29N5O4S. The van der Waals surface area contributed by atoms with Crippen LogP contribution in [0, 0.1) is 0 Å². The predicted octanol–water partition coefficient (Wildman–Crippen LogP) is 3.42. The van der Waals surface area contributed by atoms with E-state index < -0.39 is 0 Å². The van der Waals surface area contributed by atoms with Crippen LogP contribution in [0.5, 0.6) is 0 Å². The topological polar surface area (TPSA) is 92.0 Å². The molecule has 0 aliphatic carbocycles. The molecule has 1 aromatic carbocycles. The number of anilines is 1. The van der Waals surface area contributed by atoms with Crippen molar-refractivity contribution in [2.45, 2.75) is 26.3 Å². The lowest BCUT2D eigenvalue weighted by atomic mass is 10.1. The molecule has 10 heteroatoms. The van der Waals surface area contributed by atoms with E-state index in [1.165, 1.54) is 11.5 Å². The number of aromatic nitrogens is 2. The summed E-state index contributed by atoms with van der Waals surface area (Å²) < 4.78 is 15.1. The number of benzene rings is 1. The highest BCUT2D eigenvalue weighted by Crippen LogP contribution is 2.22. The van der Waals surface area contributed by atoms with Crippen LogP contribution in [0.15, 0.2) is 53.1 Å². The highest BCUT2D eigenvalue weighted by molar-refractivity contribution is 7.09. The Balaban J connectivity index is 1.35. The zero-order valence-corrected chi connectivity index (χ0v) is 20.1. The molecule has 180 valence electrons. The van der Waals surface area contributed by atoms with Crippen molar-refractivity contribution < 1.29 is 18.7 Å². The van der Waals surface area contributed by atoms with E-state index >= 15 is 0 Å². The number of carbonyl (C=O) groups is 2. The van der Waals surface area contributed by atoms with Crippen LogP contribution in [-0.2, 0) is 22.5 Å². The third-order valence-corrected chi connectivity index (χ3v) is 6.43. The average Bonchev–Trinajstić information content (AvgIpc) is 3.55. The van der Waals surface area contributed by atoms with Gasteiger partial charge >= 0.3 is 6.09 Å². The molecule has 1 aliphatic rings. The van der Waals surface area contributed by atoms with Crippen LogP contribution in [0.3, 0.4) is 0 Å². The van der Waals surface area contributed by atoms with Crippen molar-refractivity contribution in [2.75, 3.05) is 44.2 Å².